The summed E-state index contributed by atoms with van der Waals surface area (Å²) >= 11 is 9.30. The SMILES string of the molecule is Cc1ccc2c(c1)[C@@H](NC(=O)COc1ccc(Cl)cc1Br)CC(C)(C)O2. The predicted octanol–water partition coefficient (Wildman–Crippen LogP) is 5.21. The third-order valence-electron chi connectivity index (χ3n) is 4.21. The Hall–Kier alpha value is -1.72. The maximum absolute atomic E-state index is 12.5. The number of carbonyl (C=O) groups is 1. The standard InChI is InChI=1S/C20H21BrClNO3/c1-12-4-6-17-14(8-12)16(10-20(2,3)26-17)23-19(24)11-25-18-7-5-13(22)9-15(18)21/h4-9,16H,10-11H2,1-3H3,(H,23,24)/t16-/m0/s1. The Morgan fingerprint density at radius 1 is 1.35 bits per heavy atom. The molecule has 2 aromatic carbocycles. The van der Waals surface area contributed by atoms with Crippen LogP contribution in [0.1, 0.15) is 37.4 Å². The van der Waals surface area contributed by atoms with Crippen LogP contribution in [0.2, 0.25) is 5.02 Å². The van der Waals surface area contributed by atoms with Crippen LogP contribution >= 0.6 is 27.5 Å². The molecule has 1 atom stereocenters. The number of ether oxygens (including phenoxy) is 2. The molecule has 138 valence electrons. The molecule has 0 fully saturated rings. The van der Waals surface area contributed by atoms with Gasteiger partial charge in [0.25, 0.3) is 5.91 Å². The molecule has 0 spiro atoms. The third-order valence-corrected chi connectivity index (χ3v) is 5.07. The summed E-state index contributed by atoms with van der Waals surface area (Å²) in [6, 6.07) is 11.1. The molecule has 26 heavy (non-hydrogen) atoms. The molecule has 0 saturated heterocycles. The van der Waals surface area contributed by atoms with Crippen LogP contribution in [0.5, 0.6) is 11.5 Å². The van der Waals surface area contributed by atoms with E-state index in [9.17, 15) is 4.79 Å². The number of benzene rings is 2. The lowest BCUT2D eigenvalue weighted by Crippen LogP contribution is -2.42. The minimum atomic E-state index is -0.347. The summed E-state index contributed by atoms with van der Waals surface area (Å²) in [5.41, 5.74) is 1.79. The number of amides is 1. The minimum absolute atomic E-state index is 0.0703. The molecular formula is C20H21BrClNO3. The van der Waals surface area contributed by atoms with Gasteiger partial charge in [0.15, 0.2) is 6.61 Å². The lowest BCUT2D eigenvalue weighted by molar-refractivity contribution is -0.124. The highest BCUT2D eigenvalue weighted by molar-refractivity contribution is 9.10. The second kappa shape index (κ2) is 7.49. The van der Waals surface area contributed by atoms with Crippen molar-refractivity contribution in [3.05, 3.63) is 57.0 Å². The van der Waals surface area contributed by atoms with E-state index in [0.29, 0.717) is 21.7 Å². The van der Waals surface area contributed by atoms with Gasteiger partial charge in [0.2, 0.25) is 0 Å². The summed E-state index contributed by atoms with van der Waals surface area (Å²) in [7, 11) is 0. The summed E-state index contributed by atoms with van der Waals surface area (Å²) in [6.45, 7) is 6.01. The number of halogens is 2. The number of fused-ring (bicyclic) bond motifs is 1. The van der Waals surface area contributed by atoms with Crippen molar-refractivity contribution in [1.29, 1.82) is 0 Å². The maximum atomic E-state index is 12.5. The van der Waals surface area contributed by atoms with E-state index >= 15 is 0 Å². The van der Waals surface area contributed by atoms with Gasteiger partial charge in [0.05, 0.1) is 10.5 Å². The first-order valence-corrected chi connectivity index (χ1v) is 9.57. The Balaban J connectivity index is 1.70. The van der Waals surface area contributed by atoms with E-state index < -0.39 is 0 Å². The molecule has 2 aromatic rings. The van der Waals surface area contributed by atoms with E-state index in [0.717, 1.165) is 16.9 Å². The molecule has 1 amide bonds. The first-order valence-electron chi connectivity index (χ1n) is 8.40. The topological polar surface area (TPSA) is 47.6 Å². The van der Waals surface area contributed by atoms with Crippen LogP contribution in [0.15, 0.2) is 40.9 Å². The van der Waals surface area contributed by atoms with Gasteiger partial charge in [0.1, 0.15) is 17.1 Å². The number of carbonyl (C=O) groups excluding carboxylic acids is 1. The zero-order valence-corrected chi connectivity index (χ0v) is 17.3. The van der Waals surface area contributed by atoms with E-state index in [-0.39, 0.29) is 24.2 Å². The number of nitrogens with one attached hydrogen (secondary N) is 1. The van der Waals surface area contributed by atoms with Crippen LogP contribution in [-0.2, 0) is 4.79 Å². The van der Waals surface area contributed by atoms with Crippen molar-refractivity contribution in [2.45, 2.75) is 38.8 Å². The smallest absolute Gasteiger partial charge is 0.258 e. The predicted molar refractivity (Wildman–Crippen MR) is 106 cm³/mol. The quantitative estimate of drug-likeness (QED) is 0.713. The Morgan fingerprint density at radius 2 is 2.12 bits per heavy atom. The third kappa shape index (κ3) is 4.51. The Bertz CT molecular complexity index is 838. The first kappa shape index (κ1) is 19.1. The van der Waals surface area contributed by atoms with Crippen LogP contribution in [0.4, 0.5) is 0 Å². The van der Waals surface area contributed by atoms with Gasteiger partial charge in [-0.05, 0) is 61.0 Å². The van der Waals surface area contributed by atoms with E-state index in [1.165, 1.54) is 0 Å². The summed E-state index contributed by atoms with van der Waals surface area (Å²) < 4.78 is 12.4. The fourth-order valence-electron chi connectivity index (χ4n) is 3.07. The molecule has 0 saturated carbocycles. The molecule has 0 unspecified atom stereocenters. The van der Waals surface area contributed by atoms with E-state index in [4.69, 9.17) is 21.1 Å². The van der Waals surface area contributed by atoms with Crippen molar-refractivity contribution in [3.8, 4) is 11.5 Å². The lowest BCUT2D eigenvalue weighted by Gasteiger charge is -2.38. The molecule has 1 aliphatic heterocycles. The van der Waals surface area contributed by atoms with Crippen LogP contribution in [0.25, 0.3) is 0 Å². The van der Waals surface area contributed by atoms with E-state index in [1.807, 2.05) is 32.9 Å². The number of rotatable bonds is 4. The summed E-state index contributed by atoms with van der Waals surface area (Å²) in [4.78, 5) is 12.5. The van der Waals surface area contributed by atoms with E-state index in [2.05, 4.69) is 27.3 Å². The van der Waals surface area contributed by atoms with Gasteiger partial charge in [-0.3, -0.25) is 4.79 Å². The molecule has 4 nitrogen and oxygen atoms in total. The molecule has 1 aliphatic rings. The monoisotopic (exact) mass is 437 g/mol. The Kier molecular flexibility index (Phi) is 5.49. The van der Waals surface area contributed by atoms with Crippen molar-refractivity contribution < 1.29 is 14.3 Å². The van der Waals surface area contributed by atoms with Gasteiger partial charge in [-0.1, -0.05) is 29.3 Å². The molecule has 0 aliphatic carbocycles. The van der Waals surface area contributed by atoms with Gasteiger partial charge in [-0.25, -0.2) is 0 Å². The van der Waals surface area contributed by atoms with E-state index in [1.54, 1.807) is 18.2 Å². The fraction of sp³-hybridized carbons (Fsp3) is 0.350. The molecule has 6 heteroatoms. The van der Waals surface area contributed by atoms with Crippen molar-refractivity contribution >= 4 is 33.4 Å². The average molecular weight is 439 g/mol. The second-order valence-corrected chi connectivity index (χ2v) is 8.38. The molecule has 1 heterocycles. The van der Waals surface area contributed by atoms with Gasteiger partial charge in [-0.2, -0.15) is 0 Å². The van der Waals surface area contributed by atoms with Gasteiger partial charge >= 0.3 is 0 Å². The minimum Gasteiger partial charge on any atom is -0.487 e. The van der Waals surface area contributed by atoms with Crippen LogP contribution in [-0.4, -0.2) is 18.1 Å². The number of aryl methyl sites for hydroxylation is 1. The summed E-state index contributed by atoms with van der Waals surface area (Å²) in [6.07, 6.45) is 0.694. The fourth-order valence-corrected chi connectivity index (χ4v) is 3.87. The maximum Gasteiger partial charge on any atom is 0.258 e. The normalized spacial score (nSPS) is 17.8. The zero-order chi connectivity index (χ0) is 18.9. The number of hydrogen-bond acceptors (Lipinski definition) is 3. The Morgan fingerprint density at radius 3 is 2.85 bits per heavy atom. The zero-order valence-electron chi connectivity index (χ0n) is 14.9. The largest absolute Gasteiger partial charge is 0.487 e. The average Bonchev–Trinajstić information content (AvgIpc) is 2.54. The highest BCUT2D eigenvalue weighted by Gasteiger charge is 2.34. The summed E-state index contributed by atoms with van der Waals surface area (Å²) in [5.74, 6) is 1.22. The van der Waals surface area contributed by atoms with Crippen molar-refractivity contribution in [3.63, 3.8) is 0 Å². The second-order valence-electron chi connectivity index (χ2n) is 7.09. The van der Waals surface area contributed by atoms with Crippen LogP contribution < -0.4 is 14.8 Å². The van der Waals surface area contributed by atoms with Crippen LogP contribution in [0.3, 0.4) is 0 Å². The molecule has 0 radical (unpaired) electrons. The van der Waals surface area contributed by atoms with Gasteiger partial charge in [-0.15, -0.1) is 0 Å². The Labute approximate surface area is 167 Å². The first-order chi connectivity index (χ1) is 12.2. The van der Waals surface area contributed by atoms with Gasteiger partial charge < -0.3 is 14.8 Å². The highest BCUT2D eigenvalue weighted by Crippen LogP contribution is 2.39. The van der Waals surface area contributed by atoms with Gasteiger partial charge in [0, 0.05) is 17.0 Å². The molecule has 0 aromatic heterocycles. The molecule has 1 N–H and O–H groups in total. The highest BCUT2D eigenvalue weighted by atomic mass is 79.9. The molecule has 3 rings (SSSR count). The molecule has 0 bridgehead atoms. The summed E-state index contributed by atoms with van der Waals surface area (Å²) in [5, 5.41) is 3.68. The van der Waals surface area contributed by atoms with Crippen LogP contribution in [0, 0.1) is 6.92 Å². The van der Waals surface area contributed by atoms with Crippen molar-refractivity contribution in [2.24, 2.45) is 0 Å². The molecular weight excluding hydrogens is 418 g/mol. The van der Waals surface area contributed by atoms with Crippen molar-refractivity contribution in [2.75, 3.05) is 6.61 Å². The number of hydrogen-bond donors (Lipinski definition) is 1. The van der Waals surface area contributed by atoms with Crippen molar-refractivity contribution in [1.82, 2.24) is 5.32 Å². The lowest BCUT2D eigenvalue weighted by atomic mass is 9.89.